The van der Waals surface area contributed by atoms with Gasteiger partial charge >= 0.3 is 11.8 Å². The Morgan fingerprint density at radius 2 is 1.80 bits per heavy atom. The van der Waals surface area contributed by atoms with Crippen molar-refractivity contribution in [2.24, 2.45) is 0 Å². The minimum atomic E-state index is -0.428. The molecule has 1 heterocycles. The van der Waals surface area contributed by atoms with Crippen LogP contribution in [-0.2, 0) is 9.59 Å². The third kappa shape index (κ3) is 0.918. The number of imide groups is 1. The van der Waals surface area contributed by atoms with Crippen molar-refractivity contribution < 1.29 is 9.59 Å². The zero-order valence-electron chi connectivity index (χ0n) is 5.02. The first kappa shape index (κ1) is 6.57. The summed E-state index contributed by atoms with van der Waals surface area (Å²) in [7, 11) is 0. The Balaban J connectivity index is 2.81. The molecule has 0 saturated carbocycles. The van der Waals surface area contributed by atoms with Crippen molar-refractivity contribution in [2.75, 3.05) is 0 Å². The highest BCUT2D eigenvalue weighted by atomic mass is 16.2. The minimum Gasteiger partial charge on any atom is -0.244 e. The van der Waals surface area contributed by atoms with Crippen molar-refractivity contribution in [1.29, 1.82) is 0 Å². The van der Waals surface area contributed by atoms with Gasteiger partial charge in [-0.2, -0.15) is 0 Å². The predicted octanol–water partition coefficient (Wildman–Crippen LogP) is -0.304. The predicted molar refractivity (Wildman–Crippen MR) is 29.9 cm³/mol. The lowest BCUT2D eigenvalue weighted by molar-refractivity contribution is -0.140. The summed E-state index contributed by atoms with van der Waals surface area (Å²) in [6.45, 7) is 0. The summed E-state index contributed by atoms with van der Waals surface area (Å²) in [4.78, 5) is 23.6. The molecule has 0 bridgehead atoms. The molecule has 6 nitrogen and oxygen atoms in total. The molecule has 51 valence electrons. The molecule has 0 N–H and O–H groups in total. The molecule has 1 saturated heterocycles. The van der Waals surface area contributed by atoms with Gasteiger partial charge in [-0.3, -0.25) is 0 Å². The van der Waals surface area contributed by atoms with Gasteiger partial charge in [0.15, 0.2) is 0 Å². The third-order valence-corrected chi connectivity index (χ3v) is 1.15. The lowest BCUT2D eigenvalue weighted by Crippen LogP contribution is -2.29. The average Bonchev–Trinajstić information content (AvgIpc) is 2.20. The zero-order chi connectivity index (χ0) is 7.56. The van der Waals surface area contributed by atoms with E-state index in [-0.39, 0.29) is 12.8 Å². The molecule has 0 spiro atoms. The standard InChI is InChI=1S/C4H4N4O2/c5-6-7-8-3(9)1-2-4(8)10/h1-2H2/q+1. The van der Waals surface area contributed by atoms with Gasteiger partial charge in [-0.1, -0.05) is 0 Å². The van der Waals surface area contributed by atoms with E-state index in [1.165, 1.54) is 0 Å². The second-order valence-corrected chi connectivity index (χ2v) is 1.78. The van der Waals surface area contributed by atoms with Crippen LogP contribution in [0.5, 0.6) is 0 Å². The van der Waals surface area contributed by atoms with E-state index in [1.807, 2.05) is 0 Å². The molecular formula is C4H4N4O2+. The molecule has 1 aliphatic rings. The molecular weight excluding hydrogens is 136 g/mol. The molecule has 0 aliphatic carbocycles. The Morgan fingerprint density at radius 3 is 2.20 bits per heavy atom. The summed E-state index contributed by atoms with van der Waals surface area (Å²) in [6, 6.07) is 0. The van der Waals surface area contributed by atoms with Crippen LogP contribution in [0.1, 0.15) is 12.8 Å². The van der Waals surface area contributed by atoms with Crippen molar-refractivity contribution in [3.05, 3.63) is 10.4 Å². The normalized spacial score (nSPS) is 17.4. The monoisotopic (exact) mass is 140 g/mol. The highest BCUT2D eigenvalue weighted by molar-refractivity contribution is 6.01. The van der Waals surface area contributed by atoms with Crippen molar-refractivity contribution >= 4 is 11.8 Å². The first-order chi connectivity index (χ1) is 4.75. The quantitative estimate of drug-likeness (QED) is 0.216. The van der Waals surface area contributed by atoms with Gasteiger partial charge in [-0.15, -0.1) is 0 Å². The fourth-order valence-corrected chi connectivity index (χ4v) is 0.705. The van der Waals surface area contributed by atoms with E-state index in [1.54, 1.807) is 0 Å². The van der Waals surface area contributed by atoms with Gasteiger partial charge < -0.3 is 0 Å². The fraction of sp³-hybridized carbons (Fsp3) is 0.500. The maximum absolute atomic E-state index is 10.6. The van der Waals surface area contributed by atoms with Gasteiger partial charge in [0.1, 0.15) is 0 Å². The van der Waals surface area contributed by atoms with Crippen molar-refractivity contribution in [1.82, 2.24) is 10.2 Å². The van der Waals surface area contributed by atoms with Crippen LogP contribution in [0, 0.1) is 0 Å². The van der Waals surface area contributed by atoms with Crippen LogP contribution in [0.4, 0.5) is 0 Å². The molecule has 0 atom stereocenters. The number of carbonyl (C=O) groups excluding carboxylic acids is 2. The number of carbonyl (C=O) groups is 2. The second-order valence-electron chi connectivity index (χ2n) is 1.78. The van der Waals surface area contributed by atoms with Crippen molar-refractivity contribution in [2.45, 2.75) is 12.8 Å². The number of rotatable bonds is 1. The molecule has 0 unspecified atom stereocenters. The van der Waals surface area contributed by atoms with Gasteiger partial charge in [0.2, 0.25) is 10.8 Å². The van der Waals surface area contributed by atoms with E-state index < -0.39 is 11.8 Å². The smallest absolute Gasteiger partial charge is 0.244 e. The van der Waals surface area contributed by atoms with Gasteiger partial charge in [-0.25, -0.2) is 9.59 Å². The van der Waals surface area contributed by atoms with Crippen LogP contribution in [0.25, 0.3) is 10.4 Å². The Labute approximate surface area is 56.0 Å². The van der Waals surface area contributed by atoms with Crippen LogP contribution >= 0.6 is 0 Å². The molecule has 1 radical (unpaired) electrons. The van der Waals surface area contributed by atoms with Crippen LogP contribution in [-0.4, -0.2) is 16.8 Å². The Morgan fingerprint density at radius 1 is 1.30 bits per heavy atom. The van der Waals surface area contributed by atoms with Crippen LogP contribution in [0.3, 0.4) is 0 Å². The number of azide groups is 1. The molecule has 1 rings (SSSR count). The Bertz CT molecular complexity index is 213. The van der Waals surface area contributed by atoms with E-state index in [0.29, 0.717) is 5.01 Å². The fourth-order valence-electron chi connectivity index (χ4n) is 0.705. The van der Waals surface area contributed by atoms with E-state index in [2.05, 4.69) is 10.1 Å². The van der Waals surface area contributed by atoms with Gasteiger partial charge in [-0.05, 0) is 5.01 Å². The SMILES string of the molecule is [N-]=[N+]=[N+]N1C(=O)CCC1=O. The molecule has 0 aromatic heterocycles. The van der Waals surface area contributed by atoms with Crippen molar-refractivity contribution in [3.8, 4) is 0 Å². The van der Waals surface area contributed by atoms with Crippen LogP contribution in [0.15, 0.2) is 0 Å². The lowest BCUT2D eigenvalue weighted by Gasteiger charge is -1.86. The first-order valence-electron chi connectivity index (χ1n) is 2.66. The maximum Gasteiger partial charge on any atom is 0.339 e. The van der Waals surface area contributed by atoms with Crippen LogP contribution < -0.4 is 5.22 Å². The maximum atomic E-state index is 10.6. The molecule has 0 aromatic carbocycles. The molecule has 2 amide bonds. The summed E-state index contributed by atoms with van der Waals surface area (Å²) in [5.41, 5.74) is 7.87. The zero-order valence-corrected chi connectivity index (χ0v) is 5.02. The second kappa shape index (κ2) is 2.36. The highest BCUT2D eigenvalue weighted by Gasteiger charge is 2.38. The number of hydrogen-bond acceptors (Lipinski definition) is 3. The van der Waals surface area contributed by atoms with E-state index in [4.69, 9.17) is 5.53 Å². The first-order valence-corrected chi connectivity index (χ1v) is 2.66. The van der Waals surface area contributed by atoms with Crippen molar-refractivity contribution in [3.63, 3.8) is 0 Å². The van der Waals surface area contributed by atoms with E-state index in [0.717, 1.165) is 0 Å². The highest BCUT2D eigenvalue weighted by Crippen LogP contribution is 2.07. The molecule has 1 aliphatic heterocycles. The van der Waals surface area contributed by atoms with Crippen LogP contribution in [0.2, 0.25) is 0 Å². The van der Waals surface area contributed by atoms with E-state index >= 15 is 0 Å². The van der Waals surface area contributed by atoms with Gasteiger partial charge in [0.25, 0.3) is 0 Å². The summed E-state index contributed by atoms with van der Waals surface area (Å²) in [6.07, 6.45) is 0.301. The summed E-state index contributed by atoms with van der Waals surface area (Å²) in [5.74, 6) is -0.856. The Kier molecular flexibility index (Phi) is 1.55. The summed E-state index contributed by atoms with van der Waals surface area (Å²) < 4.78 is 0. The van der Waals surface area contributed by atoms with Gasteiger partial charge in [0.05, 0.1) is 17.8 Å². The molecule has 0 aromatic rings. The summed E-state index contributed by atoms with van der Waals surface area (Å²) >= 11 is 0. The van der Waals surface area contributed by atoms with Gasteiger partial charge in [0, 0.05) is 0 Å². The topological polar surface area (TPSA) is 87.9 Å². The molecule has 6 heteroatoms. The average molecular weight is 140 g/mol. The third-order valence-electron chi connectivity index (χ3n) is 1.15. The number of amides is 2. The largest absolute Gasteiger partial charge is 0.339 e. The number of nitrogens with zero attached hydrogens (tertiary/aromatic N) is 4. The minimum absolute atomic E-state index is 0.151. The molecule has 1 fully saturated rings. The summed E-state index contributed by atoms with van der Waals surface area (Å²) in [5, 5.41) is 3.46. The Hall–Kier alpha value is -1.55. The number of hydrogen-bond donors (Lipinski definition) is 0. The molecule has 10 heavy (non-hydrogen) atoms. The lowest BCUT2D eigenvalue weighted by atomic mass is 10.4. The van der Waals surface area contributed by atoms with E-state index in [9.17, 15) is 9.59 Å².